The van der Waals surface area contributed by atoms with Crippen LogP contribution in [0.5, 0.6) is 0 Å². The fourth-order valence-corrected chi connectivity index (χ4v) is 2.28. The summed E-state index contributed by atoms with van der Waals surface area (Å²) in [5.41, 5.74) is 0.252. The molecular formula is C10H9N2O4S+. The first-order valence-corrected chi connectivity index (χ1v) is 6.30. The molecule has 0 aromatic heterocycles. The van der Waals surface area contributed by atoms with Crippen LogP contribution in [0.25, 0.3) is 10.0 Å². The fraction of sp³-hybridized carbons (Fsp3) is 0.200. The number of sulfone groups is 1. The summed E-state index contributed by atoms with van der Waals surface area (Å²) in [7, 11) is -2.25. The monoisotopic (exact) mass is 253 g/mol. The van der Waals surface area contributed by atoms with E-state index in [4.69, 9.17) is 0 Å². The molecule has 0 heterocycles. The summed E-state index contributed by atoms with van der Waals surface area (Å²) in [6, 6.07) is 8.91. The third kappa shape index (κ3) is 3.10. The Hall–Kier alpha value is -2.25. The standard InChI is InChI=1S/C10H9N2O4S/c1-16-12-7-9-5-3-4-8(6-11-13)10(9)17(2,14)15/h3-5H,1-2H3/q+1. The van der Waals surface area contributed by atoms with E-state index in [1.807, 2.05) is 0 Å². The molecule has 0 radical (unpaired) electrons. The summed E-state index contributed by atoms with van der Waals surface area (Å²) >= 11 is 0. The second-order valence-corrected chi connectivity index (χ2v) is 5.00. The first-order valence-electron chi connectivity index (χ1n) is 4.41. The number of nitrogens with zero attached hydrogens (tertiary/aromatic N) is 2. The van der Waals surface area contributed by atoms with Crippen molar-refractivity contribution >= 4 is 9.84 Å². The van der Waals surface area contributed by atoms with E-state index in [9.17, 15) is 13.6 Å². The van der Waals surface area contributed by atoms with Gasteiger partial charge < -0.3 is 5.21 Å². The highest BCUT2D eigenvalue weighted by Crippen LogP contribution is 2.19. The summed E-state index contributed by atoms with van der Waals surface area (Å²) in [5, 5.41) is 16.0. The molecule has 1 rings (SSSR count). The maximum absolute atomic E-state index is 11.6. The molecule has 0 unspecified atom stereocenters. The molecule has 0 atom stereocenters. The molecule has 1 aromatic rings. The molecule has 1 aromatic carbocycles. The van der Waals surface area contributed by atoms with E-state index in [0.717, 1.165) is 6.26 Å². The van der Waals surface area contributed by atoms with Crippen molar-refractivity contribution in [3.63, 3.8) is 0 Å². The van der Waals surface area contributed by atoms with Crippen molar-refractivity contribution in [3.8, 4) is 12.1 Å². The molecule has 0 aliphatic rings. The minimum absolute atomic E-state index is 0.0683. The molecule has 17 heavy (non-hydrogen) atoms. The highest BCUT2D eigenvalue weighted by Gasteiger charge is 2.22. The van der Waals surface area contributed by atoms with Gasteiger partial charge in [-0.05, 0) is 12.1 Å². The molecule has 0 N–H and O–H groups in total. The molecule has 0 saturated carbocycles. The van der Waals surface area contributed by atoms with E-state index in [1.165, 1.54) is 25.3 Å². The average Bonchev–Trinajstić information content (AvgIpc) is 2.25. The van der Waals surface area contributed by atoms with Gasteiger partial charge in [0.1, 0.15) is 16.0 Å². The van der Waals surface area contributed by atoms with Crippen molar-refractivity contribution in [1.29, 1.82) is 0 Å². The van der Waals surface area contributed by atoms with Crippen LogP contribution in [0.1, 0.15) is 11.1 Å². The van der Waals surface area contributed by atoms with Gasteiger partial charge in [0.15, 0.2) is 16.9 Å². The number of hydrogen-bond donors (Lipinski definition) is 0. The van der Waals surface area contributed by atoms with E-state index in [1.54, 1.807) is 0 Å². The van der Waals surface area contributed by atoms with Crippen molar-refractivity contribution in [2.24, 2.45) is 0 Å². The Balaban J connectivity index is 3.61. The first kappa shape index (κ1) is 12.8. The van der Waals surface area contributed by atoms with Gasteiger partial charge in [0.25, 0.3) is 0 Å². The van der Waals surface area contributed by atoms with Gasteiger partial charge in [-0.1, -0.05) is 6.07 Å². The Morgan fingerprint density at radius 3 is 2.35 bits per heavy atom. The largest absolute Gasteiger partial charge is 0.498 e. The third-order valence-corrected chi connectivity index (χ3v) is 2.99. The lowest BCUT2D eigenvalue weighted by Crippen LogP contribution is -2.03. The Morgan fingerprint density at radius 2 is 1.88 bits per heavy atom. The predicted molar refractivity (Wildman–Crippen MR) is 62.6 cm³/mol. The van der Waals surface area contributed by atoms with Crippen molar-refractivity contribution in [2.75, 3.05) is 13.4 Å². The lowest BCUT2D eigenvalue weighted by molar-refractivity contribution is 0.330. The van der Waals surface area contributed by atoms with Crippen LogP contribution in [-0.2, 0) is 14.7 Å². The highest BCUT2D eigenvalue weighted by molar-refractivity contribution is 7.90. The van der Waals surface area contributed by atoms with Crippen molar-refractivity contribution in [2.45, 2.75) is 4.90 Å². The lowest BCUT2D eigenvalue weighted by atomic mass is 10.1. The van der Waals surface area contributed by atoms with Crippen LogP contribution in [0.3, 0.4) is 0 Å². The van der Waals surface area contributed by atoms with Gasteiger partial charge in [-0.15, -0.1) is 0 Å². The van der Waals surface area contributed by atoms with E-state index in [-0.39, 0.29) is 16.0 Å². The molecule has 0 saturated heterocycles. The molecular weight excluding hydrogens is 244 g/mol. The van der Waals surface area contributed by atoms with E-state index >= 15 is 0 Å². The zero-order valence-electron chi connectivity index (χ0n) is 9.17. The minimum Gasteiger partial charge on any atom is -0.498 e. The molecule has 0 spiro atoms. The van der Waals surface area contributed by atoms with Gasteiger partial charge in [-0.25, -0.2) is 8.42 Å². The van der Waals surface area contributed by atoms with Crippen molar-refractivity contribution in [3.05, 3.63) is 44.5 Å². The van der Waals surface area contributed by atoms with Crippen LogP contribution in [0, 0.1) is 17.3 Å². The van der Waals surface area contributed by atoms with Crippen LogP contribution >= 0.6 is 0 Å². The van der Waals surface area contributed by atoms with Crippen LogP contribution in [0.15, 0.2) is 23.1 Å². The molecule has 88 valence electrons. The average molecular weight is 253 g/mol. The SMILES string of the molecule is CO[N+]#Cc1cccc(C#[N+][O-])c1S(C)(=O)=O. The fourth-order valence-electron chi connectivity index (χ4n) is 1.26. The first-order chi connectivity index (χ1) is 8.00. The predicted octanol–water partition coefficient (Wildman–Crippen LogP) is 1.51. The molecule has 0 aliphatic heterocycles. The molecule has 0 fully saturated rings. The van der Waals surface area contributed by atoms with Gasteiger partial charge in [0, 0.05) is 11.3 Å². The zero-order valence-corrected chi connectivity index (χ0v) is 9.98. The summed E-state index contributed by atoms with van der Waals surface area (Å²) in [5.74, 6) is 0. The molecule has 0 amide bonds. The number of hydrogen-bond acceptors (Lipinski definition) is 4. The van der Waals surface area contributed by atoms with Crippen LogP contribution in [-0.4, -0.2) is 21.8 Å². The highest BCUT2D eigenvalue weighted by atomic mass is 32.2. The van der Waals surface area contributed by atoms with E-state index < -0.39 is 9.84 Å². The molecule has 7 heteroatoms. The summed E-state index contributed by atoms with van der Waals surface area (Å²) < 4.78 is 23.2. The van der Waals surface area contributed by atoms with Crippen LogP contribution < -0.4 is 0 Å². The smallest absolute Gasteiger partial charge is 0.389 e. The molecule has 0 bridgehead atoms. The van der Waals surface area contributed by atoms with Crippen LogP contribution in [0.4, 0.5) is 0 Å². The summed E-state index contributed by atoms with van der Waals surface area (Å²) in [6.45, 7) is 0. The van der Waals surface area contributed by atoms with Gasteiger partial charge in [-0.3, -0.25) is 0 Å². The van der Waals surface area contributed by atoms with Gasteiger partial charge in [0.05, 0.1) is 0 Å². The van der Waals surface area contributed by atoms with E-state index in [0.29, 0.717) is 0 Å². The van der Waals surface area contributed by atoms with Gasteiger partial charge in [0.2, 0.25) is 5.01 Å². The quantitative estimate of drug-likeness (QED) is 0.711. The minimum atomic E-state index is -3.56. The Labute approximate surface area is 98.5 Å². The normalized spacial score (nSPS) is 9.53. The third-order valence-electron chi connectivity index (χ3n) is 1.81. The Bertz CT molecular complexity index is 644. The number of rotatable bonds is 1. The van der Waals surface area contributed by atoms with Crippen molar-refractivity contribution < 1.29 is 13.3 Å². The number of benzene rings is 1. The maximum atomic E-state index is 11.6. The zero-order chi connectivity index (χ0) is 12.9. The topological polar surface area (TPSA) is 75.2 Å². The van der Waals surface area contributed by atoms with Gasteiger partial charge in [-0.2, -0.15) is 4.84 Å². The Kier molecular flexibility index (Phi) is 3.91. The van der Waals surface area contributed by atoms with Crippen LogP contribution in [0.2, 0.25) is 0 Å². The summed E-state index contributed by atoms with van der Waals surface area (Å²) in [4.78, 5) is 4.32. The maximum Gasteiger partial charge on any atom is 0.389 e. The van der Waals surface area contributed by atoms with E-state index in [2.05, 4.69) is 27.0 Å². The molecule has 0 aliphatic carbocycles. The van der Waals surface area contributed by atoms with Gasteiger partial charge >= 0.3 is 12.1 Å². The second kappa shape index (κ2) is 5.19. The second-order valence-electron chi connectivity index (χ2n) is 3.04. The Morgan fingerprint density at radius 1 is 1.29 bits per heavy atom. The van der Waals surface area contributed by atoms with Crippen molar-refractivity contribution in [1.82, 2.24) is 0 Å². The lowest BCUT2D eigenvalue weighted by Gasteiger charge is -1.99. The summed E-state index contributed by atoms with van der Waals surface area (Å²) in [6.07, 6.45) is 1.01. The molecule has 6 nitrogen and oxygen atoms in total.